The lowest BCUT2D eigenvalue weighted by Crippen LogP contribution is -2.38. The maximum absolute atomic E-state index is 14.1. The molecule has 2 N–H and O–H groups in total. The number of hydrogen-bond acceptors (Lipinski definition) is 4. The van der Waals surface area contributed by atoms with E-state index in [9.17, 15) is 36.4 Å². The maximum atomic E-state index is 14.1. The number of carboxylic acids is 1. The molecule has 2 atom stereocenters. The predicted octanol–water partition coefficient (Wildman–Crippen LogP) is 5.23. The van der Waals surface area contributed by atoms with E-state index in [0.29, 0.717) is 5.56 Å². The van der Waals surface area contributed by atoms with Crippen molar-refractivity contribution >= 4 is 13.7 Å². The van der Waals surface area contributed by atoms with Crippen molar-refractivity contribution < 1.29 is 45.5 Å². The Bertz CT molecular complexity index is 1170. The van der Waals surface area contributed by atoms with Crippen LogP contribution in [-0.2, 0) is 15.8 Å². The van der Waals surface area contributed by atoms with Crippen molar-refractivity contribution in [3.05, 3.63) is 95.3 Å². The average Bonchev–Trinajstić information content (AvgIpc) is 2.80. The number of benzene rings is 3. The van der Waals surface area contributed by atoms with E-state index < -0.39 is 54.6 Å². The van der Waals surface area contributed by atoms with E-state index in [0.717, 1.165) is 0 Å². The monoisotopic (exact) mass is 487 g/mol. The molecule has 0 aliphatic carbocycles. The zero-order chi connectivity index (χ0) is 24.2. The molecule has 6 nitrogen and oxygen atoms in total. The summed E-state index contributed by atoms with van der Waals surface area (Å²) in [5, 5.41) is 11.6. The number of carboxylic acid groups (broad SMARTS) is 1. The van der Waals surface area contributed by atoms with Crippen LogP contribution in [0.1, 0.15) is 5.56 Å². The molecule has 0 radical (unpaired) electrons. The summed E-state index contributed by atoms with van der Waals surface area (Å²) in [4.78, 5) is 11.8. The second kappa shape index (κ2) is 10.0. The molecule has 0 saturated heterocycles. The minimum atomic E-state index is -5.09. The summed E-state index contributed by atoms with van der Waals surface area (Å²) >= 11 is 0. The lowest BCUT2D eigenvalue weighted by Gasteiger charge is -2.24. The van der Waals surface area contributed by atoms with Gasteiger partial charge in [0.15, 0.2) is 0 Å². The number of hydrogen-bond donors (Lipinski definition) is 2. The van der Waals surface area contributed by atoms with Crippen LogP contribution in [0, 0.1) is 29.1 Å². The standard InChI is InChI=1S/C21H15F5NO5P/c22-15-16(23)18(25)20(19(26)17(15)24)32-33(30,31-13-9-5-2-6-10-13)27-14(21(28)29)11-12-7-3-1-4-8-12/h1-10,14H,11H2,(H,27,30)(H,28,29)/t14?,33-/m0/s1. The number of para-hydroxylation sites is 1. The molecule has 0 bridgehead atoms. The third kappa shape index (κ3) is 5.68. The van der Waals surface area contributed by atoms with Crippen molar-refractivity contribution in [2.24, 2.45) is 0 Å². The van der Waals surface area contributed by atoms with Gasteiger partial charge in [-0.3, -0.25) is 4.79 Å². The number of carbonyl (C=O) groups is 1. The Morgan fingerprint density at radius 1 is 0.818 bits per heavy atom. The van der Waals surface area contributed by atoms with E-state index in [-0.39, 0.29) is 12.2 Å². The molecule has 0 heterocycles. The highest BCUT2D eigenvalue weighted by Crippen LogP contribution is 2.47. The maximum Gasteiger partial charge on any atom is 0.513 e. The van der Waals surface area contributed by atoms with E-state index in [1.54, 1.807) is 36.4 Å². The largest absolute Gasteiger partial charge is 0.513 e. The minimum Gasteiger partial charge on any atom is -0.480 e. The fourth-order valence-corrected chi connectivity index (χ4v) is 4.23. The number of halogens is 5. The van der Waals surface area contributed by atoms with Crippen molar-refractivity contribution in [3.8, 4) is 11.5 Å². The molecule has 0 spiro atoms. The molecule has 0 aliphatic heterocycles. The Hall–Kier alpha value is -3.43. The fourth-order valence-electron chi connectivity index (χ4n) is 2.71. The van der Waals surface area contributed by atoms with Crippen LogP contribution in [0.3, 0.4) is 0 Å². The summed E-state index contributed by atoms with van der Waals surface area (Å²) in [6, 6.07) is 13.2. The Morgan fingerprint density at radius 3 is 1.82 bits per heavy atom. The summed E-state index contributed by atoms with van der Waals surface area (Å²) < 4.78 is 92.0. The van der Waals surface area contributed by atoms with Gasteiger partial charge in [0, 0.05) is 0 Å². The smallest absolute Gasteiger partial charge is 0.480 e. The normalized spacial score (nSPS) is 13.7. The third-order valence-corrected chi connectivity index (χ3v) is 5.75. The van der Waals surface area contributed by atoms with E-state index in [2.05, 4.69) is 4.52 Å². The van der Waals surface area contributed by atoms with Gasteiger partial charge in [-0.15, -0.1) is 0 Å². The van der Waals surface area contributed by atoms with Gasteiger partial charge < -0.3 is 14.2 Å². The van der Waals surface area contributed by atoms with Gasteiger partial charge in [0.1, 0.15) is 11.8 Å². The SMILES string of the molecule is O=C(O)C(Cc1ccccc1)N[P@](=O)(Oc1ccccc1)Oc1c(F)c(F)c(F)c(F)c1F. The van der Waals surface area contributed by atoms with Crippen molar-refractivity contribution in [1.82, 2.24) is 5.09 Å². The first-order valence-electron chi connectivity index (χ1n) is 9.21. The van der Waals surface area contributed by atoms with E-state index >= 15 is 0 Å². The molecule has 0 fully saturated rings. The van der Waals surface area contributed by atoms with E-state index in [1.807, 2.05) is 5.09 Å². The molecule has 12 heteroatoms. The first-order chi connectivity index (χ1) is 15.6. The van der Waals surface area contributed by atoms with Crippen LogP contribution >= 0.6 is 7.75 Å². The average molecular weight is 487 g/mol. The summed E-state index contributed by atoms with van der Waals surface area (Å²) in [6.07, 6.45) is -0.279. The van der Waals surface area contributed by atoms with Crippen molar-refractivity contribution in [1.29, 1.82) is 0 Å². The Balaban J connectivity index is 2.02. The van der Waals surface area contributed by atoms with Crippen LogP contribution in [-0.4, -0.2) is 17.1 Å². The van der Waals surface area contributed by atoms with Crippen molar-refractivity contribution in [2.45, 2.75) is 12.5 Å². The molecule has 0 aromatic heterocycles. The summed E-state index contributed by atoms with van der Waals surface area (Å²) in [5.41, 5.74) is 0.472. The first-order valence-corrected chi connectivity index (χ1v) is 10.8. The third-order valence-electron chi connectivity index (χ3n) is 4.24. The molecule has 1 unspecified atom stereocenters. The summed E-state index contributed by atoms with van der Waals surface area (Å²) in [7, 11) is -5.09. The van der Waals surface area contributed by atoms with Gasteiger partial charge in [-0.2, -0.15) is 13.9 Å². The molecule has 3 aromatic carbocycles. The van der Waals surface area contributed by atoms with Crippen LogP contribution in [0.15, 0.2) is 60.7 Å². The molecular formula is C21H15F5NO5P. The van der Waals surface area contributed by atoms with Gasteiger partial charge in [0.05, 0.1) is 0 Å². The van der Waals surface area contributed by atoms with Crippen LogP contribution in [0.25, 0.3) is 0 Å². The highest BCUT2D eigenvalue weighted by molar-refractivity contribution is 7.52. The number of aliphatic carboxylic acids is 1. The Labute approximate surface area is 184 Å². The molecule has 33 heavy (non-hydrogen) atoms. The molecule has 0 amide bonds. The second-order valence-electron chi connectivity index (χ2n) is 6.60. The van der Waals surface area contributed by atoms with Crippen LogP contribution in [0.2, 0.25) is 0 Å². The highest BCUT2D eigenvalue weighted by Gasteiger charge is 2.39. The van der Waals surface area contributed by atoms with Gasteiger partial charge in [-0.25, -0.2) is 17.7 Å². The lowest BCUT2D eigenvalue weighted by molar-refractivity contribution is -0.139. The molecule has 3 aromatic rings. The number of nitrogens with one attached hydrogen (secondary N) is 1. The van der Waals surface area contributed by atoms with E-state index in [1.165, 1.54) is 24.3 Å². The topological polar surface area (TPSA) is 84.9 Å². The summed E-state index contributed by atoms with van der Waals surface area (Å²) in [6.45, 7) is 0. The zero-order valence-corrected chi connectivity index (χ0v) is 17.4. The van der Waals surface area contributed by atoms with Crippen molar-refractivity contribution in [3.63, 3.8) is 0 Å². The van der Waals surface area contributed by atoms with Gasteiger partial charge in [0.2, 0.25) is 34.8 Å². The van der Waals surface area contributed by atoms with Crippen LogP contribution in [0.5, 0.6) is 11.5 Å². The molecular weight excluding hydrogens is 472 g/mol. The van der Waals surface area contributed by atoms with Gasteiger partial charge in [-0.1, -0.05) is 48.5 Å². The molecule has 174 valence electrons. The fraction of sp³-hybridized carbons (Fsp3) is 0.0952. The molecule has 3 rings (SSSR count). The van der Waals surface area contributed by atoms with Crippen LogP contribution < -0.4 is 14.1 Å². The van der Waals surface area contributed by atoms with Gasteiger partial charge in [0.25, 0.3) is 0 Å². The summed E-state index contributed by atoms with van der Waals surface area (Å²) in [5.74, 6) is -15.6. The van der Waals surface area contributed by atoms with Crippen LogP contribution in [0.4, 0.5) is 22.0 Å². The number of rotatable bonds is 9. The first kappa shape index (κ1) is 24.2. The quantitative estimate of drug-likeness (QED) is 0.186. The van der Waals surface area contributed by atoms with Gasteiger partial charge in [-0.05, 0) is 24.1 Å². The van der Waals surface area contributed by atoms with Gasteiger partial charge >= 0.3 is 13.7 Å². The lowest BCUT2D eigenvalue weighted by atomic mass is 10.1. The molecule has 0 aliphatic rings. The molecule has 0 saturated carbocycles. The van der Waals surface area contributed by atoms with Crippen molar-refractivity contribution in [2.75, 3.05) is 0 Å². The van der Waals surface area contributed by atoms with E-state index in [4.69, 9.17) is 4.52 Å². The Morgan fingerprint density at radius 2 is 1.30 bits per heavy atom. The highest BCUT2D eigenvalue weighted by atomic mass is 31.2. The zero-order valence-electron chi connectivity index (χ0n) is 16.5. The Kier molecular flexibility index (Phi) is 7.35. The minimum absolute atomic E-state index is 0.193. The second-order valence-corrected chi connectivity index (χ2v) is 8.22. The predicted molar refractivity (Wildman–Crippen MR) is 106 cm³/mol.